The average molecular weight is 286 g/mol. The van der Waals surface area contributed by atoms with Gasteiger partial charge in [0.2, 0.25) is 0 Å². The van der Waals surface area contributed by atoms with Crippen LogP contribution < -0.4 is 4.90 Å². The van der Waals surface area contributed by atoms with Crippen molar-refractivity contribution in [2.24, 2.45) is 5.92 Å². The number of fused-ring (bicyclic) bond motifs is 1. The van der Waals surface area contributed by atoms with Crippen LogP contribution in [0.25, 0.3) is 10.9 Å². The van der Waals surface area contributed by atoms with Crippen molar-refractivity contribution in [3.8, 4) is 0 Å². The lowest BCUT2D eigenvalue weighted by Crippen LogP contribution is -2.48. The third-order valence-corrected chi connectivity index (χ3v) is 3.76. The number of aromatic nitrogens is 1. The van der Waals surface area contributed by atoms with Gasteiger partial charge < -0.3 is 4.90 Å². The van der Waals surface area contributed by atoms with Crippen LogP contribution in [-0.2, 0) is 0 Å². The summed E-state index contributed by atoms with van der Waals surface area (Å²) in [4.78, 5) is 18.6. The number of anilines is 1. The predicted octanol–water partition coefficient (Wildman–Crippen LogP) is 3.62. The molecule has 2 heterocycles. The SMILES string of the molecule is CC(C)CC(=O)c1ccc2ccc(N3CC(F)C3)cc2n1. The molecule has 3 nitrogen and oxygen atoms in total. The molecule has 0 N–H and O–H groups in total. The zero-order valence-electron chi connectivity index (χ0n) is 12.3. The van der Waals surface area contributed by atoms with Crippen LogP contribution in [0.2, 0.25) is 0 Å². The lowest BCUT2D eigenvalue weighted by molar-refractivity contribution is 0.0963. The molecule has 1 saturated heterocycles. The zero-order valence-corrected chi connectivity index (χ0v) is 12.3. The molecule has 1 aromatic carbocycles. The molecular formula is C17H19FN2O. The standard InChI is InChI=1S/C17H19FN2O/c1-11(2)7-17(21)15-6-4-12-3-5-14(8-16(12)19-15)20-9-13(18)10-20/h3-6,8,11,13H,7,9-10H2,1-2H3. The van der Waals surface area contributed by atoms with Gasteiger partial charge in [-0.2, -0.15) is 0 Å². The number of nitrogens with zero attached hydrogens (tertiary/aromatic N) is 2. The van der Waals surface area contributed by atoms with Gasteiger partial charge in [-0.3, -0.25) is 4.79 Å². The van der Waals surface area contributed by atoms with Crippen LogP contribution in [0.15, 0.2) is 30.3 Å². The van der Waals surface area contributed by atoms with E-state index in [1.165, 1.54) is 0 Å². The molecule has 0 saturated carbocycles. The van der Waals surface area contributed by atoms with Crippen molar-refractivity contribution in [2.45, 2.75) is 26.4 Å². The van der Waals surface area contributed by atoms with Gasteiger partial charge in [0.25, 0.3) is 0 Å². The average Bonchev–Trinajstić information content (AvgIpc) is 2.42. The summed E-state index contributed by atoms with van der Waals surface area (Å²) in [6.45, 7) is 4.93. The van der Waals surface area contributed by atoms with Crippen LogP contribution in [0.1, 0.15) is 30.8 Å². The summed E-state index contributed by atoms with van der Waals surface area (Å²) in [5.74, 6) is 0.397. The molecule has 0 unspecified atom stereocenters. The fourth-order valence-corrected chi connectivity index (χ4v) is 2.57. The minimum atomic E-state index is -0.729. The van der Waals surface area contributed by atoms with Gasteiger partial charge in [0.15, 0.2) is 5.78 Å². The molecule has 2 aromatic rings. The summed E-state index contributed by atoms with van der Waals surface area (Å²) >= 11 is 0. The van der Waals surface area contributed by atoms with Crippen molar-refractivity contribution in [2.75, 3.05) is 18.0 Å². The summed E-state index contributed by atoms with van der Waals surface area (Å²) in [7, 11) is 0. The summed E-state index contributed by atoms with van der Waals surface area (Å²) < 4.78 is 13.0. The third-order valence-electron chi connectivity index (χ3n) is 3.76. The first-order valence-electron chi connectivity index (χ1n) is 7.36. The third kappa shape index (κ3) is 2.89. The fourth-order valence-electron chi connectivity index (χ4n) is 2.57. The molecule has 4 heteroatoms. The lowest BCUT2D eigenvalue weighted by Gasteiger charge is -2.36. The van der Waals surface area contributed by atoms with E-state index in [0.29, 0.717) is 31.1 Å². The highest BCUT2D eigenvalue weighted by Gasteiger charge is 2.26. The molecule has 0 atom stereocenters. The zero-order chi connectivity index (χ0) is 15.0. The van der Waals surface area contributed by atoms with Crippen molar-refractivity contribution in [1.82, 2.24) is 4.98 Å². The van der Waals surface area contributed by atoms with E-state index < -0.39 is 6.17 Å². The van der Waals surface area contributed by atoms with Crippen molar-refractivity contribution in [3.05, 3.63) is 36.0 Å². The van der Waals surface area contributed by atoms with E-state index in [9.17, 15) is 9.18 Å². The first kappa shape index (κ1) is 14.0. The highest BCUT2D eigenvalue weighted by Crippen LogP contribution is 2.26. The molecule has 0 radical (unpaired) electrons. The maximum absolute atomic E-state index is 13.0. The highest BCUT2D eigenvalue weighted by atomic mass is 19.1. The van der Waals surface area contributed by atoms with Gasteiger partial charge in [-0.05, 0) is 24.1 Å². The van der Waals surface area contributed by atoms with Crippen LogP contribution in [0.4, 0.5) is 10.1 Å². The van der Waals surface area contributed by atoms with Gasteiger partial charge in [0, 0.05) is 17.5 Å². The maximum Gasteiger partial charge on any atom is 0.181 e. The number of Topliss-reactive ketones (excluding diaryl/α,β-unsaturated/α-hetero) is 1. The second-order valence-electron chi connectivity index (χ2n) is 6.10. The number of alkyl halides is 1. The minimum absolute atomic E-state index is 0.0741. The number of hydrogen-bond acceptors (Lipinski definition) is 3. The van der Waals surface area contributed by atoms with Crippen molar-refractivity contribution < 1.29 is 9.18 Å². The molecule has 1 aromatic heterocycles. The number of benzene rings is 1. The van der Waals surface area contributed by atoms with E-state index in [-0.39, 0.29) is 5.78 Å². The molecule has 0 amide bonds. The second-order valence-corrected chi connectivity index (χ2v) is 6.10. The number of halogens is 1. The van der Waals surface area contributed by atoms with E-state index in [1.807, 2.05) is 43.0 Å². The number of pyridine rings is 1. The van der Waals surface area contributed by atoms with Gasteiger partial charge in [-0.1, -0.05) is 26.0 Å². The smallest absolute Gasteiger partial charge is 0.181 e. The van der Waals surface area contributed by atoms with Crippen LogP contribution in [0, 0.1) is 5.92 Å². The normalized spacial score (nSPS) is 15.5. The second kappa shape index (κ2) is 5.43. The minimum Gasteiger partial charge on any atom is -0.365 e. The number of rotatable bonds is 4. The molecule has 0 aliphatic carbocycles. The molecule has 1 fully saturated rings. The summed E-state index contributed by atoms with van der Waals surface area (Å²) in [6.07, 6.45) is -0.221. The van der Waals surface area contributed by atoms with Crippen LogP contribution in [-0.4, -0.2) is 30.0 Å². The summed E-state index contributed by atoms with van der Waals surface area (Å²) in [5.41, 5.74) is 2.28. The van der Waals surface area contributed by atoms with Gasteiger partial charge in [-0.25, -0.2) is 9.37 Å². The van der Waals surface area contributed by atoms with Crippen molar-refractivity contribution >= 4 is 22.4 Å². The Morgan fingerprint density at radius 3 is 2.71 bits per heavy atom. The van der Waals surface area contributed by atoms with Crippen molar-refractivity contribution in [3.63, 3.8) is 0 Å². The topological polar surface area (TPSA) is 33.2 Å². The van der Waals surface area contributed by atoms with Crippen LogP contribution in [0.5, 0.6) is 0 Å². The number of ketones is 1. The molecule has 1 aliphatic rings. The van der Waals surface area contributed by atoms with E-state index >= 15 is 0 Å². The Balaban J connectivity index is 1.90. The van der Waals surface area contributed by atoms with Crippen LogP contribution >= 0.6 is 0 Å². The van der Waals surface area contributed by atoms with Gasteiger partial charge >= 0.3 is 0 Å². The van der Waals surface area contributed by atoms with Gasteiger partial charge in [0.05, 0.1) is 18.6 Å². The highest BCUT2D eigenvalue weighted by molar-refractivity contribution is 5.97. The Morgan fingerprint density at radius 1 is 1.33 bits per heavy atom. The predicted molar refractivity (Wildman–Crippen MR) is 82.6 cm³/mol. The van der Waals surface area contributed by atoms with Gasteiger partial charge in [0.1, 0.15) is 11.9 Å². The molecule has 110 valence electrons. The van der Waals surface area contributed by atoms with Crippen LogP contribution in [0.3, 0.4) is 0 Å². The van der Waals surface area contributed by atoms with E-state index in [0.717, 1.165) is 16.6 Å². The maximum atomic E-state index is 13.0. The molecule has 21 heavy (non-hydrogen) atoms. The number of carbonyl (C=O) groups excluding carboxylic acids is 1. The Morgan fingerprint density at radius 2 is 2.05 bits per heavy atom. The molecular weight excluding hydrogens is 267 g/mol. The Bertz CT molecular complexity index is 678. The largest absolute Gasteiger partial charge is 0.365 e. The molecule has 0 bridgehead atoms. The molecule has 1 aliphatic heterocycles. The number of carbonyl (C=O) groups is 1. The first-order valence-corrected chi connectivity index (χ1v) is 7.36. The number of hydrogen-bond donors (Lipinski definition) is 0. The van der Waals surface area contributed by atoms with E-state index in [4.69, 9.17) is 0 Å². The summed E-state index contributed by atoms with van der Waals surface area (Å²) in [5, 5.41) is 0.997. The quantitative estimate of drug-likeness (QED) is 0.805. The Labute approximate surface area is 123 Å². The van der Waals surface area contributed by atoms with Crippen molar-refractivity contribution in [1.29, 1.82) is 0 Å². The molecule has 0 spiro atoms. The molecule has 3 rings (SSSR count). The Hall–Kier alpha value is -1.97. The summed E-state index contributed by atoms with van der Waals surface area (Å²) in [6, 6.07) is 9.60. The fraction of sp³-hybridized carbons (Fsp3) is 0.412. The van der Waals surface area contributed by atoms with E-state index in [1.54, 1.807) is 6.07 Å². The lowest BCUT2D eigenvalue weighted by atomic mass is 10.0. The Kier molecular flexibility index (Phi) is 3.62. The van der Waals surface area contributed by atoms with E-state index in [2.05, 4.69) is 4.98 Å². The first-order chi connectivity index (χ1) is 10.0. The van der Waals surface area contributed by atoms with Gasteiger partial charge in [-0.15, -0.1) is 0 Å². The monoisotopic (exact) mass is 286 g/mol.